The van der Waals surface area contributed by atoms with Gasteiger partial charge in [0.15, 0.2) is 34.9 Å². The zero-order valence-electron chi connectivity index (χ0n) is 85.6. The second-order valence-electron chi connectivity index (χ2n) is 40.7. The van der Waals surface area contributed by atoms with Crippen LogP contribution in [0, 0.1) is 5.82 Å². The Balaban J connectivity index is 0.000000116. The first kappa shape index (κ1) is 99.2. The Morgan fingerprint density at radius 3 is 0.879 bits per heavy atom. The van der Waals surface area contributed by atoms with Crippen LogP contribution < -0.4 is 50.7 Å². The van der Waals surface area contributed by atoms with Gasteiger partial charge in [-0.15, -0.1) is 0 Å². The lowest BCUT2D eigenvalue weighted by Gasteiger charge is -2.27. The molecule has 149 heavy (non-hydrogen) atoms. The van der Waals surface area contributed by atoms with E-state index in [1.54, 1.807) is 31.9 Å². The minimum Gasteiger partial charge on any atom is -0.353 e. The molecule has 0 radical (unpaired) electrons. The van der Waals surface area contributed by atoms with Crippen LogP contribution in [-0.4, -0.2) is 181 Å². The Hall–Kier alpha value is -15.8. The summed E-state index contributed by atoms with van der Waals surface area (Å²) < 4.78 is 22.3. The molecule has 0 atom stereocenters. The fraction of sp³-hybridized carbons (Fsp3) is 0.322. The molecule has 4 amide bonds. The molecule has 0 aliphatic carbocycles. The number of carbonyl (C=O) groups excluding carboxylic acids is 4. The highest BCUT2D eigenvalue weighted by atomic mass is 19.1. The third-order valence-corrected chi connectivity index (χ3v) is 29.2. The summed E-state index contributed by atoms with van der Waals surface area (Å²) in [5, 5.41) is 32.8. The summed E-state index contributed by atoms with van der Waals surface area (Å²) in [6.45, 7) is 30.7. The highest BCUT2D eigenvalue weighted by molar-refractivity contribution is 6.03. The Labute approximate surface area is 867 Å². The summed E-state index contributed by atoms with van der Waals surface area (Å²) in [6, 6.07) is 70.9. The molecule has 8 aliphatic rings. The van der Waals surface area contributed by atoms with Crippen LogP contribution in [0.1, 0.15) is 195 Å². The number of carbonyl (C=O) groups is 4. The van der Waals surface area contributed by atoms with Crippen molar-refractivity contribution < 1.29 is 23.6 Å². The first-order chi connectivity index (χ1) is 72.7. The second-order valence-corrected chi connectivity index (χ2v) is 40.7. The number of halogens is 1. The number of rotatable bonds is 24. The number of hydrogen-bond donors (Lipinski definition) is 4. The van der Waals surface area contributed by atoms with Crippen molar-refractivity contribution in [2.75, 3.05) is 108 Å². The lowest BCUT2D eigenvalue weighted by Crippen LogP contribution is -2.43. The van der Waals surface area contributed by atoms with E-state index < -0.39 is 0 Å². The third-order valence-electron chi connectivity index (χ3n) is 29.2. The molecule has 8 aromatic carbocycles. The number of benzene rings is 8. The molecule has 0 unspecified atom stereocenters. The van der Waals surface area contributed by atoms with Crippen molar-refractivity contribution in [1.29, 1.82) is 0 Å². The molecule has 0 spiro atoms. The predicted molar refractivity (Wildman–Crippen MR) is 580 cm³/mol. The van der Waals surface area contributed by atoms with E-state index in [1.165, 1.54) is 34.1 Å². The van der Waals surface area contributed by atoms with Crippen LogP contribution in [0.4, 0.5) is 39.3 Å². The molecule has 16 heterocycles. The average Bonchev–Trinajstić information content (AvgIpc) is 1.65. The van der Waals surface area contributed by atoms with Crippen molar-refractivity contribution in [2.45, 2.75) is 168 Å². The molecule has 4 fully saturated rings. The molecule has 24 rings (SSSR count). The van der Waals surface area contributed by atoms with E-state index in [0.717, 1.165) is 211 Å². The lowest BCUT2D eigenvalue weighted by atomic mass is 9.95. The van der Waals surface area contributed by atoms with Crippen molar-refractivity contribution in [3.8, 4) is 68.3 Å². The lowest BCUT2D eigenvalue weighted by molar-refractivity contribution is -0.118. The third kappa shape index (κ3) is 22.0. The number of fused-ring (bicyclic) bond motifs is 4. The number of nitrogens with zero attached hydrogens (tertiary/aromatic N) is 22. The Morgan fingerprint density at radius 2 is 0.577 bits per heavy atom. The van der Waals surface area contributed by atoms with E-state index in [4.69, 9.17) is 40.3 Å². The van der Waals surface area contributed by atoms with E-state index in [0.29, 0.717) is 121 Å². The van der Waals surface area contributed by atoms with Crippen LogP contribution >= 0.6 is 0 Å². The number of hydrogen-bond acceptors (Lipinski definition) is 22. The molecule has 0 saturated carbocycles. The van der Waals surface area contributed by atoms with Crippen LogP contribution in [0.2, 0.25) is 0 Å². The maximum absolute atomic E-state index is 14.6. The maximum atomic E-state index is 14.6. The average molecular weight is 1990 g/mol. The molecule has 758 valence electrons. The number of piperazine rings is 2. The first-order valence-corrected chi connectivity index (χ1v) is 52.3. The van der Waals surface area contributed by atoms with Gasteiger partial charge in [-0.2, -0.15) is 20.4 Å². The summed E-state index contributed by atoms with van der Waals surface area (Å²) in [6.07, 6.45) is 21.0. The number of amides is 4. The zero-order valence-corrected chi connectivity index (χ0v) is 85.6. The predicted octanol–water partition coefficient (Wildman–Crippen LogP) is 18.1. The zero-order chi connectivity index (χ0) is 102. The fourth-order valence-electron chi connectivity index (χ4n) is 21.1. The number of aromatic nitrogens is 16. The maximum Gasteiger partial charge on any atom is 0.233 e. The quantitative estimate of drug-likeness (QED) is 0.0437. The van der Waals surface area contributed by atoms with Crippen molar-refractivity contribution in [3.63, 3.8) is 0 Å². The van der Waals surface area contributed by atoms with Gasteiger partial charge in [-0.1, -0.05) is 189 Å². The molecule has 4 N–H and O–H groups in total. The molecule has 30 nitrogen and oxygen atoms in total. The van der Waals surface area contributed by atoms with Crippen LogP contribution in [0.25, 0.3) is 68.3 Å². The van der Waals surface area contributed by atoms with E-state index >= 15 is 0 Å². The van der Waals surface area contributed by atoms with E-state index in [-0.39, 0.29) is 41.8 Å². The van der Waals surface area contributed by atoms with Crippen molar-refractivity contribution >= 4 is 58.5 Å². The van der Waals surface area contributed by atoms with Crippen LogP contribution in [0.5, 0.6) is 0 Å². The number of nitrogens with one attached hydrogen (secondary N) is 4. The molecule has 31 heteroatoms. The van der Waals surface area contributed by atoms with Gasteiger partial charge in [0.05, 0.1) is 86.0 Å². The van der Waals surface area contributed by atoms with Gasteiger partial charge in [0.1, 0.15) is 29.1 Å². The minimum atomic E-state index is -0.271. The molecule has 4 saturated heterocycles. The van der Waals surface area contributed by atoms with E-state index in [1.807, 2.05) is 149 Å². The van der Waals surface area contributed by atoms with Gasteiger partial charge in [-0.05, 0) is 181 Å². The summed E-state index contributed by atoms with van der Waals surface area (Å²) in [7, 11) is 0. The highest BCUT2D eigenvalue weighted by Crippen LogP contribution is 2.41. The van der Waals surface area contributed by atoms with Crippen molar-refractivity contribution in [1.82, 2.24) is 100 Å². The first-order valence-electron chi connectivity index (χ1n) is 52.3. The SMILES string of the molecule is CC(C)c1c(F)cccc1-c1ncc2c(n1)N(Cc1ccc(-n3ccc(N4CCNCC4)n3)cc1)C(=O)C2.CC(C)c1ccccc1-c1ncc2c(n1)N(Cc1ccc(-n3ccc(C4CCNCC4)n3)cc1)C(=O)C2.CC(C)c1ccccc1-c1ncc2c(n1)N(Cc1ccc(-n3ccc(C4CCNCC4)n3)cc1)C(=O)C2.CC(C)c1ccccc1-c1ncc2c(n1)N(Cc1ccc(-n3ccc(N4CCNCC4)n3)cc1)C(=O)C2. The standard InChI is InChI=1S/2C30H32N6O.C29H30FN7O.C29H31N7O/c2*1-20(2)25-5-3-4-6-26(25)29-32-18-23-17-28(37)35(30(23)33-29)19-21-7-9-24(10-8-21)36-16-13-27(34-36)22-11-14-31-15-12-22;1-19(2)27-23(4-3-5-24(27)30)28-32-17-21-16-26(38)36(29(21)33-28)18-20-6-8-22(9-7-20)37-13-10-25(34-37)35-14-11-31-12-15-35;1-20(2)24-5-3-4-6-25(24)28-31-18-22-17-27(37)35(29(22)32-28)19-21-7-9-23(10-8-21)36-14-11-26(33-36)34-15-12-30-13-16-34/h2*3-10,13,16,18,20,22,31H,11-12,14-15,17,19H2,1-2H3;3-10,13,17,19,31H,11-12,14-16,18H2,1-2H3;3-11,14,18,20,30H,12-13,15-17,19H2,1-2H3. The van der Waals surface area contributed by atoms with Crippen LogP contribution in [0.15, 0.2) is 262 Å². The Bertz CT molecular complexity index is 6980. The van der Waals surface area contributed by atoms with Gasteiger partial charge in [-0.25, -0.2) is 63.0 Å². The highest BCUT2D eigenvalue weighted by Gasteiger charge is 2.37. The van der Waals surface area contributed by atoms with Crippen molar-refractivity contribution in [3.05, 3.63) is 346 Å². The molecule has 8 aliphatic heterocycles. The van der Waals surface area contributed by atoms with E-state index in [2.05, 4.69) is 220 Å². The summed E-state index contributed by atoms with van der Waals surface area (Å²) >= 11 is 0. The Morgan fingerprint density at radius 1 is 0.302 bits per heavy atom. The molecule has 8 aromatic heterocycles. The van der Waals surface area contributed by atoms with Gasteiger partial charge >= 0.3 is 0 Å². The minimum absolute atomic E-state index is 0.0217. The second kappa shape index (κ2) is 44.5. The van der Waals surface area contributed by atoms with Gasteiger partial charge in [0.25, 0.3) is 0 Å². The Kier molecular flexibility index (Phi) is 29.6. The van der Waals surface area contributed by atoms with Gasteiger partial charge in [0, 0.05) is 176 Å². The normalized spacial score (nSPS) is 15.7. The number of piperidine rings is 2. The summed E-state index contributed by atoms with van der Waals surface area (Å²) in [5.41, 5.74) is 21.8. The molecule has 16 aromatic rings. The monoisotopic (exact) mass is 1990 g/mol. The van der Waals surface area contributed by atoms with E-state index in [9.17, 15) is 23.6 Å². The van der Waals surface area contributed by atoms with Gasteiger partial charge < -0.3 is 31.1 Å². The summed E-state index contributed by atoms with van der Waals surface area (Å²) in [4.78, 5) is 101. The molecular weight excluding hydrogens is 1860 g/mol. The molecular formula is C118H125FN26O4. The smallest absolute Gasteiger partial charge is 0.233 e. The fourth-order valence-corrected chi connectivity index (χ4v) is 21.1. The van der Waals surface area contributed by atoms with Crippen LogP contribution in [-0.2, 0) is 71.0 Å². The summed E-state index contributed by atoms with van der Waals surface area (Å²) in [5.74, 6) is 9.12. The molecule has 0 bridgehead atoms. The topological polar surface area (TPSA) is 310 Å². The van der Waals surface area contributed by atoms with Crippen LogP contribution in [0.3, 0.4) is 0 Å². The van der Waals surface area contributed by atoms with Gasteiger partial charge in [-0.3, -0.25) is 38.8 Å². The van der Waals surface area contributed by atoms with Gasteiger partial charge in [0.2, 0.25) is 23.6 Å². The largest absolute Gasteiger partial charge is 0.353 e. The number of anilines is 6. The van der Waals surface area contributed by atoms with Crippen molar-refractivity contribution in [2.24, 2.45) is 0 Å².